The van der Waals surface area contributed by atoms with Crippen LogP contribution in [-0.4, -0.2) is 44.1 Å². The highest BCUT2D eigenvalue weighted by Crippen LogP contribution is 2.36. The van der Waals surface area contributed by atoms with E-state index in [-0.39, 0.29) is 17.8 Å². The standard InChI is InChI=1S/C28H30N6O3/c1-17(2)34-16-20(15-31-34)18-6-8-23-22(13-18)26-27(37-23)25(19-7-9-24(29-3)30-14-19)32-28(35)33(26)11-10-21-5-4-12-36-21/h6-9,13-17,21H,4-5,10-12H2,1-3H3,(H,29,30). The zero-order chi connectivity index (χ0) is 25.5. The predicted octanol–water partition coefficient (Wildman–Crippen LogP) is 5.26. The zero-order valence-corrected chi connectivity index (χ0v) is 21.3. The number of aromatic nitrogens is 5. The van der Waals surface area contributed by atoms with Crippen molar-refractivity contribution in [2.45, 2.75) is 51.8 Å². The third-order valence-electron chi connectivity index (χ3n) is 7.04. The molecule has 1 saturated heterocycles. The van der Waals surface area contributed by atoms with Crippen molar-refractivity contribution in [3.05, 3.63) is 59.4 Å². The maximum atomic E-state index is 13.5. The number of fused-ring (bicyclic) bond motifs is 3. The lowest BCUT2D eigenvalue weighted by Gasteiger charge is -2.13. The van der Waals surface area contributed by atoms with Crippen molar-refractivity contribution in [1.82, 2.24) is 24.3 Å². The van der Waals surface area contributed by atoms with Gasteiger partial charge < -0.3 is 14.5 Å². The van der Waals surface area contributed by atoms with Gasteiger partial charge in [0.25, 0.3) is 0 Å². The van der Waals surface area contributed by atoms with Crippen LogP contribution < -0.4 is 11.0 Å². The minimum atomic E-state index is -0.307. The van der Waals surface area contributed by atoms with Crippen molar-refractivity contribution < 1.29 is 9.15 Å². The van der Waals surface area contributed by atoms with Crippen LogP contribution in [0.1, 0.15) is 39.2 Å². The third kappa shape index (κ3) is 4.29. The molecule has 0 aliphatic carbocycles. The van der Waals surface area contributed by atoms with Crippen LogP contribution in [0.2, 0.25) is 0 Å². The number of aryl methyl sites for hydroxylation is 1. The summed E-state index contributed by atoms with van der Waals surface area (Å²) in [7, 11) is 1.81. The molecule has 9 heteroatoms. The van der Waals surface area contributed by atoms with Crippen LogP contribution in [0.25, 0.3) is 44.5 Å². The van der Waals surface area contributed by atoms with Gasteiger partial charge in [-0.2, -0.15) is 10.1 Å². The number of nitrogens with zero attached hydrogens (tertiary/aromatic N) is 5. The molecule has 1 atom stereocenters. The summed E-state index contributed by atoms with van der Waals surface area (Å²) < 4.78 is 15.9. The second-order valence-electron chi connectivity index (χ2n) is 9.79. The fraction of sp³-hybridized carbons (Fsp3) is 0.357. The van der Waals surface area contributed by atoms with Gasteiger partial charge in [0.1, 0.15) is 22.6 Å². The first-order chi connectivity index (χ1) is 18.0. The highest BCUT2D eigenvalue weighted by atomic mass is 16.5. The van der Waals surface area contributed by atoms with E-state index in [0.29, 0.717) is 23.4 Å². The molecule has 4 aromatic heterocycles. The van der Waals surface area contributed by atoms with E-state index in [4.69, 9.17) is 9.15 Å². The normalized spacial score (nSPS) is 15.8. The summed E-state index contributed by atoms with van der Waals surface area (Å²) >= 11 is 0. The maximum absolute atomic E-state index is 13.5. The van der Waals surface area contributed by atoms with E-state index in [2.05, 4.69) is 40.3 Å². The van der Waals surface area contributed by atoms with E-state index < -0.39 is 0 Å². The number of nitrogens with one attached hydrogen (secondary N) is 1. The van der Waals surface area contributed by atoms with Crippen LogP contribution in [0, 0.1) is 0 Å². The molecular weight excluding hydrogens is 468 g/mol. The fourth-order valence-corrected chi connectivity index (χ4v) is 4.99. The lowest BCUT2D eigenvalue weighted by Crippen LogP contribution is -2.25. The number of rotatable bonds is 7. The van der Waals surface area contributed by atoms with Crippen molar-refractivity contribution >= 4 is 27.9 Å². The topological polar surface area (TPSA) is 100 Å². The van der Waals surface area contributed by atoms with Gasteiger partial charge in [0, 0.05) is 55.1 Å². The van der Waals surface area contributed by atoms with Gasteiger partial charge in [-0.15, -0.1) is 0 Å². The minimum Gasteiger partial charge on any atom is -0.452 e. The van der Waals surface area contributed by atoms with Crippen molar-refractivity contribution in [3.8, 4) is 22.4 Å². The number of anilines is 1. The Bertz CT molecular complexity index is 1620. The minimum absolute atomic E-state index is 0.163. The predicted molar refractivity (Wildman–Crippen MR) is 144 cm³/mol. The van der Waals surface area contributed by atoms with E-state index >= 15 is 0 Å². The molecule has 1 aliphatic rings. The van der Waals surface area contributed by atoms with Crippen molar-refractivity contribution in [2.24, 2.45) is 0 Å². The van der Waals surface area contributed by atoms with Crippen LogP contribution in [0.4, 0.5) is 5.82 Å². The Labute approximate surface area is 214 Å². The molecule has 1 unspecified atom stereocenters. The molecule has 1 fully saturated rings. The summed E-state index contributed by atoms with van der Waals surface area (Å²) in [6.45, 7) is 5.49. The number of furan rings is 1. The average Bonchev–Trinajstić information content (AvgIpc) is 3.68. The summed E-state index contributed by atoms with van der Waals surface area (Å²) in [5.74, 6) is 0.737. The van der Waals surface area contributed by atoms with Crippen LogP contribution in [0.15, 0.2) is 58.1 Å². The third-order valence-corrected chi connectivity index (χ3v) is 7.04. The van der Waals surface area contributed by atoms with E-state index in [1.165, 1.54) is 0 Å². The van der Waals surface area contributed by atoms with Crippen molar-refractivity contribution in [3.63, 3.8) is 0 Å². The molecule has 1 N–H and O–H groups in total. The van der Waals surface area contributed by atoms with E-state index in [9.17, 15) is 4.79 Å². The Morgan fingerprint density at radius 1 is 1.14 bits per heavy atom. The SMILES string of the molecule is CNc1ccc(-c2nc(=O)n(CCC3CCCO3)c3c2oc2ccc(-c4cnn(C(C)C)c4)cc23)cn1. The first-order valence-corrected chi connectivity index (χ1v) is 12.8. The van der Waals surface area contributed by atoms with Gasteiger partial charge in [0.2, 0.25) is 0 Å². The molecule has 0 bridgehead atoms. The molecule has 6 rings (SSSR count). The Hall–Kier alpha value is -3.98. The Morgan fingerprint density at radius 3 is 2.70 bits per heavy atom. The van der Waals surface area contributed by atoms with Crippen LogP contribution in [-0.2, 0) is 11.3 Å². The van der Waals surface area contributed by atoms with Gasteiger partial charge >= 0.3 is 5.69 Å². The van der Waals surface area contributed by atoms with Crippen molar-refractivity contribution in [2.75, 3.05) is 19.0 Å². The summed E-state index contributed by atoms with van der Waals surface area (Å²) in [5, 5.41) is 8.39. The first kappa shape index (κ1) is 23.4. The van der Waals surface area contributed by atoms with Gasteiger partial charge in [-0.3, -0.25) is 9.25 Å². The molecule has 37 heavy (non-hydrogen) atoms. The number of ether oxygens (including phenoxy) is 1. The molecule has 0 radical (unpaired) electrons. The number of benzene rings is 1. The average molecular weight is 499 g/mol. The molecule has 1 aliphatic heterocycles. The smallest absolute Gasteiger partial charge is 0.348 e. The van der Waals surface area contributed by atoms with Crippen molar-refractivity contribution in [1.29, 1.82) is 0 Å². The van der Waals surface area contributed by atoms with Crippen LogP contribution >= 0.6 is 0 Å². The zero-order valence-electron chi connectivity index (χ0n) is 21.3. The van der Waals surface area contributed by atoms with Gasteiger partial charge in [0.15, 0.2) is 5.58 Å². The monoisotopic (exact) mass is 498 g/mol. The number of hydrogen-bond donors (Lipinski definition) is 1. The second-order valence-corrected chi connectivity index (χ2v) is 9.79. The molecule has 190 valence electrons. The van der Waals surface area contributed by atoms with Crippen LogP contribution in [0.5, 0.6) is 0 Å². The quantitative estimate of drug-likeness (QED) is 0.327. The lowest BCUT2D eigenvalue weighted by atomic mass is 10.1. The molecule has 5 aromatic rings. The number of pyridine rings is 1. The summed E-state index contributed by atoms with van der Waals surface area (Å²) in [6.07, 6.45) is 8.61. The molecule has 0 saturated carbocycles. The molecular formula is C28H30N6O3. The Balaban J connectivity index is 1.54. The molecule has 0 amide bonds. The van der Waals surface area contributed by atoms with Crippen LogP contribution in [0.3, 0.4) is 0 Å². The van der Waals surface area contributed by atoms with Gasteiger partial charge in [-0.05, 0) is 62.9 Å². The van der Waals surface area contributed by atoms with Gasteiger partial charge in [-0.1, -0.05) is 6.07 Å². The van der Waals surface area contributed by atoms with E-state index in [0.717, 1.165) is 59.3 Å². The molecule has 5 heterocycles. The van der Waals surface area contributed by atoms with Gasteiger partial charge in [-0.25, -0.2) is 9.78 Å². The van der Waals surface area contributed by atoms with E-state index in [1.54, 1.807) is 10.8 Å². The highest BCUT2D eigenvalue weighted by Gasteiger charge is 2.22. The fourth-order valence-electron chi connectivity index (χ4n) is 4.99. The summed E-state index contributed by atoms with van der Waals surface area (Å²) in [6, 6.07) is 10.1. The number of hydrogen-bond acceptors (Lipinski definition) is 7. The molecule has 1 aromatic carbocycles. The summed E-state index contributed by atoms with van der Waals surface area (Å²) in [5.41, 5.74) is 4.97. The first-order valence-electron chi connectivity index (χ1n) is 12.8. The summed E-state index contributed by atoms with van der Waals surface area (Å²) in [4.78, 5) is 22.3. The Kier molecular flexibility index (Phi) is 6.00. The van der Waals surface area contributed by atoms with Gasteiger partial charge in [0.05, 0.1) is 12.3 Å². The lowest BCUT2D eigenvalue weighted by molar-refractivity contribution is 0.100. The maximum Gasteiger partial charge on any atom is 0.348 e. The van der Waals surface area contributed by atoms with E-state index in [1.807, 2.05) is 48.4 Å². The highest BCUT2D eigenvalue weighted by molar-refractivity contribution is 6.07. The Morgan fingerprint density at radius 2 is 2.00 bits per heavy atom. The largest absolute Gasteiger partial charge is 0.452 e. The molecule has 9 nitrogen and oxygen atoms in total. The second kappa shape index (κ2) is 9.48. The molecule has 0 spiro atoms.